The van der Waals surface area contributed by atoms with Crippen molar-refractivity contribution in [1.29, 1.82) is 0 Å². The first-order valence-electron chi connectivity index (χ1n) is 8.02. The molecule has 1 aromatic heterocycles. The van der Waals surface area contributed by atoms with E-state index in [4.69, 9.17) is 16.3 Å². The third kappa shape index (κ3) is 4.32. The predicted octanol–water partition coefficient (Wildman–Crippen LogP) is 3.49. The fourth-order valence-corrected chi connectivity index (χ4v) is 3.88. The average Bonchev–Trinajstić information content (AvgIpc) is 3.06. The molecule has 130 valence electrons. The summed E-state index contributed by atoms with van der Waals surface area (Å²) in [5.74, 6) is -0.262. The van der Waals surface area contributed by atoms with E-state index in [1.54, 1.807) is 23.5 Å². The van der Waals surface area contributed by atoms with Gasteiger partial charge in [-0.25, -0.2) is 9.37 Å². The van der Waals surface area contributed by atoms with E-state index in [9.17, 15) is 4.39 Å². The topological polar surface area (TPSA) is 37.4 Å². The minimum atomic E-state index is -0.262. The van der Waals surface area contributed by atoms with E-state index in [2.05, 4.69) is 15.2 Å². The number of morpholine rings is 1. The Balaban J connectivity index is 1.77. The molecule has 0 radical (unpaired) electrons. The molecule has 3 rings (SSSR count). The van der Waals surface area contributed by atoms with Crippen molar-refractivity contribution in [1.82, 2.24) is 15.2 Å². The van der Waals surface area contributed by atoms with E-state index in [-0.39, 0.29) is 18.0 Å². The second-order valence-electron chi connectivity index (χ2n) is 5.94. The number of nitrogens with one attached hydrogen (secondary N) is 1. The highest BCUT2D eigenvalue weighted by atomic mass is 35.5. The van der Waals surface area contributed by atoms with Crippen LogP contribution in [0.4, 0.5) is 4.39 Å². The van der Waals surface area contributed by atoms with Gasteiger partial charge in [0.15, 0.2) is 0 Å². The van der Waals surface area contributed by atoms with Gasteiger partial charge in [0.2, 0.25) is 0 Å². The number of hydrogen-bond acceptors (Lipinski definition) is 5. The summed E-state index contributed by atoms with van der Waals surface area (Å²) in [6.45, 7) is 5.47. The highest BCUT2D eigenvalue weighted by molar-refractivity contribution is 7.07. The summed E-state index contributed by atoms with van der Waals surface area (Å²) < 4.78 is 20.1. The summed E-state index contributed by atoms with van der Waals surface area (Å²) in [5.41, 5.74) is 3.36. The molecule has 2 atom stereocenters. The van der Waals surface area contributed by atoms with Gasteiger partial charge in [-0.2, -0.15) is 0 Å². The molecule has 1 saturated heterocycles. The first-order valence-corrected chi connectivity index (χ1v) is 9.34. The van der Waals surface area contributed by atoms with Crippen LogP contribution in [-0.4, -0.2) is 42.2 Å². The number of nitrogens with zero attached hydrogens (tertiary/aromatic N) is 2. The second-order valence-corrected chi connectivity index (χ2v) is 7.06. The molecule has 4 nitrogen and oxygen atoms in total. The summed E-state index contributed by atoms with van der Waals surface area (Å²) in [5, 5.41) is 5.87. The average molecular weight is 370 g/mol. The Labute approximate surface area is 150 Å². The molecule has 1 aliphatic rings. The molecule has 0 aliphatic carbocycles. The van der Waals surface area contributed by atoms with E-state index in [1.165, 1.54) is 6.07 Å². The van der Waals surface area contributed by atoms with Crippen molar-refractivity contribution in [2.75, 3.05) is 26.2 Å². The standard InChI is InChI=1S/C17H21ClFN3OS/c1-12-9-22(5-6-23-12)16(8-20-7-13-10-24-11-21-13)17-14(18)3-2-4-15(17)19/h2-4,10-12,16,20H,5-9H2,1H3. The van der Waals surface area contributed by atoms with Crippen LogP contribution in [0.2, 0.25) is 5.02 Å². The molecule has 1 fully saturated rings. The lowest BCUT2D eigenvalue weighted by Crippen LogP contribution is -2.46. The molecule has 2 unspecified atom stereocenters. The highest BCUT2D eigenvalue weighted by Crippen LogP contribution is 2.31. The largest absolute Gasteiger partial charge is 0.376 e. The molecule has 1 aromatic carbocycles. The molecular formula is C17H21ClFN3OS. The zero-order chi connectivity index (χ0) is 16.9. The van der Waals surface area contributed by atoms with Crippen LogP contribution in [0.5, 0.6) is 0 Å². The Morgan fingerprint density at radius 2 is 2.42 bits per heavy atom. The molecule has 24 heavy (non-hydrogen) atoms. The molecule has 7 heteroatoms. The summed E-state index contributed by atoms with van der Waals surface area (Å²) in [6, 6.07) is 4.72. The van der Waals surface area contributed by atoms with Crippen LogP contribution in [0.25, 0.3) is 0 Å². The van der Waals surface area contributed by atoms with E-state index in [1.807, 2.05) is 17.8 Å². The molecule has 2 aromatic rings. The number of benzene rings is 1. The normalized spacial score (nSPS) is 20.2. The lowest BCUT2D eigenvalue weighted by Gasteiger charge is -2.38. The molecule has 0 spiro atoms. The Hall–Kier alpha value is -1.05. The van der Waals surface area contributed by atoms with Gasteiger partial charge >= 0.3 is 0 Å². The maximum absolute atomic E-state index is 14.5. The van der Waals surface area contributed by atoms with Crippen molar-refractivity contribution in [2.45, 2.75) is 25.6 Å². The van der Waals surface area contributed by atoms with Crippen LogP contribution < -0.4 is 5.32 Å². The van der Waals surface area contributed by atoms with Crippen molar-refractivity contribution >= 4 is 22.9 Å². The summed E-state index contributed by atoms with van der Waals surface area (Å²) in [7, 11) is 0. The molecule has 0 bridgehead atoms. The van der Waals surface area contributed by atoms with Gasteiger partial charge in [0.25, 0.3) is 0 Å². The molecular weight excluding hydrogens is 349 g/mol. The number of rotatable bonds is 6. The molecule has 1 N–H and O–H groups in total. The third-order valence-corrected chi connectivity index (χ3v) is 5.14. The van der Waals surface area contributed by atoms with Crippen LogP contribution >= 0.6 is 22.9 Å². The molecule has 1 aliphatic heterocycles. The smallest absolute Gasteiger partial charge is 0.129 e. The van der Waals surface area contributed by atoms with Crippen molar-refractivity contribution in [2.24, 2.45) is 0 Å². The number of hydrogen-bond donors (Lipinski definition) is 1. The monoisotopic (exact) mass is 369 g/mol. The lowest BCUT2D eigenvalue weighted by molar-refractivity contribution is -0.0349. The zero-order valence-corrected chi connectivity index (χ0v) is 15.1. The van der Waals surface area contributed by atoms with Crippen molar-refractivity contribution in [3.05, 3.63) is 51.2 Å². The van der Waals surface area contributed by atoms with Crippen molar-refractivity contribution < 1.29 is 9.13 Å². The zero-order valence-electron chi connectivity index (χ0n) is 13.5. The number of thiazole rings is 1. The number of halogens is 2. The van der Waals surface area contributed by atoms with Gasteiger partial charge in [-0.3, -0.25) is 4.90 Å². The first-order chi connectivity index (χ1) is 11.6. The van der Waals surface area contributed by atoms with E-state index in [0.717, 1.165) is 18.8 Å². The Kier molecular flexibility index (Phi) is 6.19. The van der Waals surface area contributed by atoms with Crippen molar-refractivity contribution in [3.8, 4) is 0 Å². The number of aromatic nitrogens is 1. The van der Waals surface area contributed by atoms with Gasteiger partial charge in [0.05, 0.1) is 30.0 Å². The summed E-state index contributed by atoms with van der Waals surface area (Å²) in [6.07, 6.45) is 0.130. The van der Waals surface area contributed by atoms with Crippen LogP contribution in [0.15, 0.2) is 29.1 Å². The van der Waals surface area contributed by atoms with Crippen LogP contribution in [0.1, 0.15) is 24.2 Å². The predicted molar refractivity (Wildman–Crippen MR) is 95.0 cm³/mol. The van der Waals surface area contributed by atoms with Crippen LogP contribution in [-0.2, 0) is 11.3 Å². The van der Waals surface area contributed by atoms with E-state index >= 15 is 0 Å². The van der Waals surface area contributed by atoms with Crippen LogP contribution in [0, 0.1) is 5.82 Å². The molecule has 0 amide bonds. The summed E-state index contributed by atoms with van der Waals surface area (Å²) in [4.78, 5) is 6.51. The van der Waals surface area contributed by atoms with Gasteiger partial charge in [0, 0.05) is 42.1 Å². The fraction of sp³-hybridized carbons (Fsp3) is 0.471. The first kappa shape index (κ1) is 17.8. The third-order valence-electron chi connectivity index (χ3n) is 4.17. The van der Waals surface area contributed by atoms with Gasteiger partial charge in [-0.15, -0.1) is 11.3 Å². The maximum atomic E-state index is 14.5. The quantitative estimate of drug-likeness (QED) is 0.845. The highest BCUT2D eigenvalue weighted by Gasteiger charge is 2.28. The molecule has 0 saturated carbocycles. The van der Waals surface area contributed by atoms with Crippen molar-refractivity contribution in [3.63, 3.8) is 0 Å². The van der Waals surface area contributed by atoms with Gasteiger partial charge < -0.3 is 10.1 Å². The Bertz CT molecular complexity index is 635. The lowest BCUT2D eigenvalue weighted by atomic mass is 10.0. The van der Waals surface area contributed by atoms with Crippen LogP contribution in [0.3, 0.4) is 0 Å². The fourth-order valence-electron chi connectivity index (χ4n) is 3.03. The minimum absolute atomic E-state index is 0.130. The molecule has 2 heterocycles. The Morgan fingerprint density at radius 1 is 1.54 bits per heavy atom. The SMILES string of the molecule is CC1CN(C(CNCc2cscn2)c2c(F)cccc2Cl)CCO1. The van der Waals surface area contributed by atoms with Gasteiger partial charge in [-0.05, 0) is 19.1 Å². The second kappa shape index (κ2) is 8.36. The number of ether oxygens (including phenoxy) is 1. The maximum Gasteiger partial charge on any atom is 0.129 e. The van der Waals surface area contributed by atoms with E-state index in [0.29, 0.717) is 30.3 Å². The van der Waals surface area contributed by atoms with Gasteiger partial charge in [-0.1, -0.05) is 17.7 Å². The minimum Gasteiger partial charge on any atom is -0.376 e. The van der Waals surface area contributed by atoms with E-state index < -0.39 is 0 Å². The summed E-state index contributed by atoms with van der Waals surface area (Å²) >= 11 is 7.89. The van der Waals surface area contributed by atoms with Gasteiger partial charge in [0.1, 0.15) is 5.82 Å². The Morgan fingerprint density at radius 3 is 3.12 bits per heavy atom.